The van der Waals surface area contributed by atoms with E-state index in [-0.39, 0.29) is 18.0 Å². The maximum atomic E-state index is 12.5. The molecule has 1 amide bonds. The van der Waals surface area contributed by atoms with E-state index < -0.39 is 0 Å². The van der Waals surface area contributed by atoms with Gasteiger partial charge in [-0.2, -0.15) is 0 Å². The lowest BCUT2D eigenvalue weighted by Gasteiger charge is -2.21. The predicted molar refractivity (Wildman–Crippen MR) is 87.9 cm³/mol. The molecule has 1 aromatic heterocycles. The number of benzene rings is 1. The fraction of sp³-hybridized carbons (Fsp3) is 0.471. The second-order valence-electron chi connectivity index (χ2n) is 5.53. The zero-order valence-electron chi connectivity index (χ0n) is 13.5. The molecule has 0 unspecified atom stereocenters. The van der Waals surface area contributed by atoms with Crippen LogP contribution in [0.5, 0.6) is 0 Å². The number of amides is 1. The van der Waals surface area contributed by atoms with Crippen molar-refractivity contribution in [1.29, 1.82) is 0 Å². The molecule has 0 spiro atoms. The first-order chi connectivity index (χ1) is 10.6. The van der Waals surface area contributed by atoms with Crippen molar-refractivity contribution in [2.24, 2.45) is 0 Å². The van der Waals surface area contributed by atoms with Crippen LogP contribution in [-0.2, 0) is 11.3 Å². The highest BCUT2D eigenvalue weighted by Crippen LogP contribution is 2.11. The van der Waals surface area contributed by atoms with Gasteiger partial charge in [0.2, 0.25) is 5.91 Å². The van der Waals surface area contributed by atoms with Crippen LogP contribution in [0.4, 0.5) is 0 Å². The van der Waals surface area contributed by atoms with Crippen molar-refractivity contribution in [3.05, 3.63) is 40.4 Å². The van der Waals surface area contributed by atoms with Gasteiger partial charge < -0.3 is 4.90 Å². The summed E-state index contributed by atoms with van der Waals surface area (Å²) in [6.45, 7) is 7.51. The number of carbonyl (C=O) groups excluding carboxylic acids is 1. The van der Waals surface area contributed by atoms with Crippen LogP contribution in [0.1, 0.15) is 32.3 Å². The first kappa shape index (κ1) is 16.2. The van der Waals surface area contributed by atoms with Gasteiger partial charge in [-0.1, -0.05) is 26.0 Å². The van der Waals surface area contributed by atoms with Crippen molar-refractivity contribution in [3.63, 3.8) is 0 Å². The summed E-state index contributed by atoms with van der Waals surface area (Å²) >= 11 is 0. The molecule has 0 aliphatic heterocycles. The molecular formula is C17H23N3O2. The van der Waals surface area contributed by atoms with Gasteiger partial charge in [-0.3, -0.25) is 14.2 Å². The summed E-state index contributed by atoms with van der Waals surface area (Å²) in [4.78, 5) is 31.0. The minimum absolute atomic E-state index is 0.0281. The molecule has 2 rings (SSSR count). The number of hydrogen-bond acceptors (Lipinski definition) is 3. The Balaban J connectivity index is 2.30. The van der Waals surface area contributed by atoms with E-state index in [9.17, 15) is 9.59 Å². The molecular weight excluding hydrogens is 278 g/mol. The third kappa shape index (κ3) is 3.35. The standard InChI is InChI=1S/C17H23N3O2/c1-4-9-19(10-5-2)15(21)11-20-12-18-16-13(3)7-6-8-14(16)17(20)22/h6-8,12H,4-5,9-11H2,1-3H3. The minimum atomic E-state index is -0.157. The van der Waals surface area contributed by atoms with E-state index in [4.69, 9.17) is 0 Å². The molecule has 5 heteroatoms. The summed E-state index contributed by atoms with van der Waals surface area (Å²) in [6.07, 6.45) is 3.30. The van der Waals surface area contributed by atoms with Crippen LogP contribution in [0.25, 0.3) is 10.9 Å². The van der Waals surface area contributed by atoms with Crippen molar-refractivity contribution >= 4 is 16.8 Å². The third-order valence-corrected chi connectivity index (χ3v) is 3.70. The molecule has 118 valence electrons. The van der Waals surface area contributed by atoms with Crippen LogP contribution in [0.2, 0.25) is 0 Å². The SMILES string of the molecule is CCCN(CCC)C(=O)Cn1cnc2c(C)cccc2c1=O. The third-order valence-electron chi connectivity index (χ3n) is 3.70. The molecule has 22 heavy (non-hydrogen) atoms. The van der Waals surface area contributed by atoms with Crippen molar-refractivity contribution in [3.8, 4) is 0 Å². The molecule has 0 atom stereocenters. The number of nitrogens with zero attached hydrogens (tertiary/aromatic N) is 3. The monoisotopic (exact) mass is 301 g/mol. The molecule has 0 aliphatic rings. The van der Waals surface area contributed by atoms with E-state index in [2.05, 4.69) is 4.98 Å². The number of rotatable bonds is 6. The second-order valence-corrected chi connectivity index (χ2v) is 5.53. The minimum Gasteiger partial charge on any atom is -0.341 e. The van der Waals surface area contributed by atoms with Gasteiger partial charge >= 0.3 is 0 Å². The average molecular weight is 301 g/mol. The Bertz CT molecular complexity index is 715. The molecule has 0 fully saturated rings. The molecule has 0 N–H and O–H groups in total. The number of carbonyl (C=O) groups is 1. The maximum absolute atomic E-state index is 12.5. The molecule has 0 saturated carbocycles. The molecule has 0 radical (unpaired) electrons. The average Bonchev–Trinajstić information content (AvgIpc) is 2.50. The smallest absolute Gasteiger partial charge is 0.261 e. The quantitative estimate of drug-likeness (QED) is 0.823. The summed E-state index contributed by atoms with van der Waals surface area (Å²) in [7, 11) is 0. The van der Waals surface area contributed by atoms with E-state index >= 15 is 0 Å². The molecule has 1 heterocycles. The summed E-state index contributed by atoms with van der Waals surface area (Å²) in [5, 5.41) is 0.563. The number of fused-ring (bicyclic) bond motifs is 1. The lowest BCUT2D eigenvalue weighted by Crippen LogP contribution is -2.37. The fourth-order valence-electron chi connectivity index (χ4n) is 2.60. The van der Waals surface area contributed by atoms with Crippen LogP contribution in [-0.4, -0.2) is 33.4 Å². The van der Waals surface area contributed by atoms with Gasteiger partial charge in [-0.15, -0.1) is 0 Å². The lowest BCUT2D eigenvalue weighted by atomic mass is 10.1. The summed E-state index contributed by atoms with van der Waals surface area (Å²) in [5.41, 5.74) is 1.51. The van der Waals surface area contributed by atoms with E-state index in [1.807, 2.05) is 37.8 Å². The molecule has 5 nitrogen and oxygen atoms in total. The number of para-hydroxylation sites is 1. The molecule has 0 saturated heterocycles. The molecule has 0 aliphatic carbocycles. The molecule has 0 bridgehead atoms. The highest BCUT2D eigenvalue weighted by molar-refractivity contribution is 5.81. The normalized spacial score (nSPS) is 10.9. The van der Waals surface area contributed by atoms with E-state index in [1.54, 1.807) is 6.07 Å². The van der Waals surface area contributed by atoms with Crippen LogP contribution in [0.15, 0.2) is 29.3 Å². The maximum Gasteiger partial charge on any atom is 0.261 e. The van der Waals surface area contributed by atoms with Crippen molar-refractivity contribution in [1.82, 2.24) is 14.5 Å². The number of hydrogen-bond donors (Lipinski definition) is 0. The van der Waals surface area contributed by atoms with Gasteiger partial charge in [0.05, 0.1) is 17.2 Å². The van der Waals surface area contributed by atoms with Crippen LogP contribution >= 0.6 is 0 Å². The Hall–Kier alpha value is -2.17. The Morgan fingerprint density at radius 3 is 2.55 bits per heavy atom. The van der Waals surface area contributed by atoms with E-state index in [0.717, 1.165) is 31.5 Å². The first-order valence-electron chi connectivity index (χ1n) is 7.81. The highest BCUT2D eigenvalue weighted by atomic mass is 16.2. The largest absolute Gasteiger partial charge is 0.341 e. The first-order valence-corrected chi connectivity index (χ1v) is 7.81. The fourth-order valence-corrected chi connectivity index (χ4v) is 2.60. The van der Waals surface area contributed by atoms with Gasteiger partial charge in [0, 0.05) is 13.1 Å². The second kappa shape index (κ2) is 7.20. The van der Waals surface area contributed by atoms with Gasteiger partial charge in [-0.25, -0.2) is 4.98 Å². The van der Waals surface area contributed by atoms with Crippen molar-refractivity contribution in [2.75, 3.05) is 13.1 Å². The van der Waals surface area contributed by atoms with Crippen LogP contribution in [0.3, 0.4) is 0 Å². The number of aromatic nitrogens is 2. The molecule has 1 aromatic carbocycles. The van der Waals surface area contributed by atoms with Crippen molar-refractivity contribution < 1.29 is 4.79 Å². The highest BCUT2D eigenvalue weighted by Gasteiger charge is 2.14. The zero-order valence-corrected chi connectivity index (χ0v) is 13.5. The summed E-state index contributed by atoms with van der Waals surface area (Å²) in [6, 6.07) is 5.52. The zero-order chi connectivity index (χ0) is 16.1. The van der Waals surface area contributed by atoms with Crippen molar-refractivity contribution in [2.45, 2.75) is 40.2 Å². The van der Waals surface area contributed by atoms with E-state index in [0.29, 0.717) is 10.9 Å². The van der Waals surface area contributed by atoms with Crippen LogP contribution in [0, 0.1) is 6.92 Å². The van der Waals surface area contributed by atoms with Gasteiger partial charge in [0.1, 0.15) is 6.54 Å². The molecule has 2 aromatic rings. The van der Waals surface area contributed by atoms with Crippen LogP contribution < -0.4 is 5.56 Å². The van der Waals surface area contributed by atoms with Gasteiger partial charge in [0.25, 0.3) is 5.56 Å². The predicted octanol–water partition coefficient (Wildman–Crippen LogP) is 2.35. The summed E-state index contributed by atoms with van der Waals surface area (Å²) < 4.78 is 1.41. The topological polar surface area (TPSA) is 55.2 Å². The Labute approximate surface area is 130 Å². The Morgan fingerprint density at radius 1 is 1.23 bits per heavy atom. The lowest BCUT2D eigenvalue weighted by molar-refractivity contribution is -0.132. The van der Waals surface area contributed by atoms with Gasteiger partial charge in [0.15, 0.2) is 0 Å². The van der Waals surface area contributed by atoms with E-state index in [1.165, 1.54) is 10.9 Å². The summed E-state index contributed by atoms with van der Waals surface area (Å²) in [5.74, 6) is -0.0281. The Morgan fingerprint density at radius 2 is 1.91 bits per heavy atom. The number of aryl methyl sites for hydroxylation is 1. The van der Waals surface area contributed by atoms with Gasteiger partial charge in [-0.05, 0) is 31.4 Å². The Kier molecular flexibility index (Phi) is 5.31.